The first-order chi connectivity index (χ1) is 9.97. The molecule has 21 heavy (non-hydrogen) atoms. The molecule has 0 aliphatic heterocycles. The van der Waals surface area contributed by atoms with Gasteiger partial charge >= 0.3 is 0 Å². The van der Waals surface area contributed by atoms with E-state index >= 15 is 0 Å². The van der Waals surface area contributed by atoms with Crippen LogP contribution in [0.25, 0.3) is 6.08 Å². The molecule has 0 heterocycles. The van der Waals surface area contributed by atoms with E-state index in [0.29, 0.717) is 11.1 Å². The van der Waals surface area contributed by atoms with Crippen molar-refractivity contribution in [1.82, 2.24) is 0 Å². The first-order valence-electron chi connectivity index (χ1n) is 6.20. The van der Waals surface area contributed by atoms with Crippen molar-refractivity contribution in [3.63, 3.8) is 0 Å². The fourth-order valence-electron chi connectivity index (χ4n) is 1.78. The Morgan fingerprint density at radius 3 is 2.48 bits per heavy atom. The summed E-state index contributed by atoms with van der Waals surface area (Å²) in [7, 11) is 0. The van der Waals surface area contributed by atoms with Crippen LogP contribution >= 0.6 is 11.6 Å². The number of nitro benzene ring substituents is 1. The number of hydrogen-bond acceptors (Lipinski definition) is 3. The summed E-state index contributed by atoms with van der Waals surface area (Å²) in [6.07, 6.45) is 1.43. The predicted molar refractivity (Wildman–Crippen MR) is 82.4 cm³/mol. The summed E-state index contributed by atoms with van der Waals surface area (Å²) in [5.74, 6) is -0.317. The van der Waals surface area contributed by atoms with Crippen molar-refractivity contribution in [2.24, 2.45) is 0 Å². The van der Waals surface area contributed by atoms with Crippen molar-refractivity contribution in [3.8, 4) is 0 Å². The van der Waals surface area contributed by atoms with Gasteiger partial charge in [-0.15, -0.1) is 0 Å². The molecule has 0 spiro atoms. The van der Waals surface area contributed by atoms with Gasteiger partial charge in [0.1, 0.15) is 0 Å². The molecule has 0 saturated carbocycles. The average molecular weight is 302 g/mol. The van der Waals surface area contributed by atoms with Gasteiger partial charge in [0, 0.05) is 17.7 Å². The van der Waals surface area contributed by atoms with Crippen molar-refractivity contribution in [3.05, 3.63) is 80.4 Å². The summed E-state index contributed by atoms with van der Waals surface area (Å²) >= 11 is 6.01. The molecule has 0 unspecified atom stereocenters. The van der Waals surface area contributed by atoms with E-state index in [0.717, 1.165) is 5.56 Å². The number of ketones is 1. The zero-order chi connectivity index (χ0) is 15.4. The number of benzene rings is 2. The maximum absolute atomic E-state index is 12.1. The van der Waals surface area contributed by atoms with E-state index in [1.165, 1.54) is 18.2 Å². The number of hydrogen-bond donors (Lipinski definition) is 0. The summed E-state index contributed by atoms with van der Waals surface area (Å²) in [5.41, 5.74) is 1.99. The lowest BCUT2D eigenvalue weighted by atomic mass is 10.1. The van der Waals surface area contributed by atoms with E-state index in [1.54, 1.807) is 24.3 Å². The van der Waals surface area contributed by atoms with Gasteiger partial charge in [0.25, 0.3) is 5.69 Å². The molecule has 0 aromatic heterocycles. The zero-order valence-corrected chi connectivity index (χ0v) is 12.0. The lowest BCUT2D eigenvalue weighted by Crippen LogP contribution is -1.98. The minimum Gasteiger partial charge on any atom is -0.288 e. The molecule has 2 aromatic carbocycles. The monoisotopic (exact) mass is 301 g/mol. The highest BCUT2D eigenvalue weighted by molar-refractivity contribution is 6.47. The highest BCUT2D eigenvalue weighted by atomic mass is 35.5. The van der Waals surface area contributed by atoms with Gasteiger partial charge in [-0.05, 0) is 18.6 Å². The summed E-state index contributed by atoms with van der Waals surface area (Å²) in [4.78, 5) is 22.4. The molecular weight excluding hydrogens is 290 g/mol. The molecule has 0 radical (unpaired) electrons. The molecule has 0 saturated heterocycles. The lowest BCUT2D eigenvalue weighted by Gasteiger charge is -2.01. The van der Waals surface area contributed by atoms with Crippen LogP contribution in [0.5, 0.6) is 0 Å². The van der Waals surface area contributed by atoms with Crippen LogP contribution in [-0.2, 0) is 0 Å². The number of non-ortho nitro benzene ring substituents is 1. The summed E-state index contributed by atoms with van der Waals surface area (Å²) in [6, 6.07) is 13.0. The molecule has 4 nitrogen and oxygen atoms in total. The Bertz CT molecular complexity index is 721. The van der Waals surface area contributed by atoms with Gasteiger partial charge in [0.15, 0.2) is 0 Å². The summed E-state index contributed by atoms with van der Waals surface area (Å²) in [6.45, 7) is 1.93. The van der Waals surface area contributed by atoms with Crippen molar-refractivity contribution in [2.45, 2.75) is 6.92 Å². The first kappa shape index (κ1) is 14.9. The molecular formula is C16H12ClNO3. The second-order valence-corrected chi connectivity index (χ2v) is 4.95. The third-order valence-electron chi connectivity index (χ3n) is 2.91. The Morgan fingerprint density at radius 1 is 1.19 bits per heavy atom. The summed E-state index contributed by atoms with van der Waals surface area (Å²) < 4.78 is 0. The molecule has 0 aliphatic rings. The van der Waals surface area contributed by atoms with Gasteiger partial charge in [-0.3, -0.25) is 14.9 Å². The van der Waals surface area contributed by atoms with Crippen LogP contribution in [0.3, 0.4) is 0 Å². The second-order valence-electron chi connectivity index (χ2n) is 4.54. The van der Waals surface area contributed by atoms with Crippen LogP contribution in [0.15, 0.2) is 53.6 Å². The molecule has 2 rings (SSSR count). The SMILES string of the molecule is Cc1ccc(C(=O)/C(Cl)=C/c2cccc([N+](=O)[O-])c2)cc1. The van der Waals surface area contributed by atoms with Crippen LogP contribution in [0, 0.1) is 17.0 Å². The van der Waals surface area contributed by atoms with E-state index in [-0.39, 0.29) is 16.5 Å². The number of nitro groups is 1. The van der Waals surface area contributed by atoms with Crippen LogP contribution in [0.2, 0.25) is 0 Å². The normalized spacial score (nSPS) is 11.2. The van der Waals surface area contributed by atoms with Crippen LogP contribution in [-0.4, -0.2) is 10.7 Å². The molecule has 0 aliphatic carbocycles. The maximum atomic E-state index is 12.1. The van der Waals surface area contributed by atoms with Gasteiger partial charge in [-0.1, -0.05) is 53.6 Å². The minimum absolute atomic E-state index is 0.0133. The Balaban J connectivity index is 2.28. The molecule has 0 fully saturated rings. The largest absolute Gasteiger partial charge is 0.288 e. The minimum atomic E-state index is -0.493. The van der Waals surface area contributed by atoms with Gasteiger partial charge in [-0.25, -0.2) is 0 Å². The topological polar surface area (TPSA) is 60.2 Å². The predicted octanol–water partition coefficient (Wildman–Crippen LogP) is 4.37. The molecule has 0 atom stereocenters. The first-order valence-corrected chi connectivity index (χ1v) is 6.58. The molecule has 2 aromatic rings. The van der Waals surface area contributed by atoms with Gasteiger partial charge in [0.2, 0.25) is 5.78 Å². The van der Waals surface area contributed by atoms with E-state index in [2.05, 4.69) is 0 Å². The quantitative estimate of drug-likeness (QED) is 0.365. The third-order valence-corrected chi connectivity index (χ3v) is 3.19. The van der Waals surface area contributed by atoms with Crippen molar-refractivity contribution < 1.29 is 9.72 Å². The zero-order valence-electron chi connectivity index (χ0n) is 11.2. The smallest absolute Gasteiger partial charge is 0.270 e. The average Bonchev–Trinajstić information content (AvgIpc) is 2.47. The standard InChI is InChI=1S/C16H12ClNO3/c1-11-5-7-13(8-6-11)16(19)15(17)10-12-3-2-4-14(9-12)18(20)21/h2-10H,1H3/b15-10-. The Hall–Kier alpha value is -2.46. The molecule has 5 heteroatoms. The Morgan fingerprint density at radius 2 is 1.86 bits per heavy atom. The van der Waals surface area contributed by atoms with Gasteiger partial charge in [0.05, 0.1) is 9.96 Å². The third kappa shape index (κ3) is 3.77. The number of aryl methyl sites for hydroxylation is 1. The number of carbonyl (C=O) groups excluding carboxylic acids is 1. The second kappa shape index (κ2) is 6.33. The van der Waals surface area contributed by atoms with E-state index in [9.17, 15) is 14.9 Å². The fourth-order valence-corrected chi connectivity index (χ4v) is 2.02. The Labute approximate surface area is 126 Å². The number of rotatable bonds is 4. The Kier molecular flexibility index (Phi) is 4.50. The number of Topliss-reactive ketones (excluding diaryl/α,β-unsaturated/α-hetero) is 1. The van der Waals surface area contributed by atoms with Gasteiger partial charge < -0.3 is 0 Å². The molecule has 0 amide bonds. The van der Waals surface area contributed by atoms with Crippen molar-refractivity contribution in [2.75, 3.05) is 0 Å². The number of allylic oxidation sites excluding steroid dienone is 1. The molecule has 0 N–H and O–H groups in total. The van der Waals surface area contributed by atoms with Crippen molar-refractivity contribution in [1.29, 1.82) is 0 Å². The lowest BCUT2D eigenvalue weighted by molar-refractivity contribution is -0.384. The number of nitrogens with zero attached hydrogens (tertiary/aromatic N) is 1. The van der Waals surface area contributed by atoms with Crippen LogP contribution in [0.4, 0.5) is 5.69 Å². The van der Waals surface area contributed by atoms with E-state index < -0.39 is 4.92 Å². The highest BCUT2D eigenvalue weighted by Gasteiger charge is 2.11. The molecule has 106 valence electrons. The fraction of sp³-hybridized carbons (Fsp3) is 0.0625. The van der Waals surface area contributed by atoms with Crippen LogP contribution in [0.1, 0.15) is 21.5 Å². The molecule has 0 bridgehead atoms. The number of halogens is 1. The van der Waals surface area contributed by atoms with E-state index in [1.807, 2.05) is 19.1 Å². The van der Waals surface area contributed by atoms with Crippen LogP contribution < -0.4 is 0 Å². The maximum Gasteiger partial charge on any atom is 0.270 e. The highest BCUT2D eigenvalue weighted by Crippen LogP contribution is 2.19. The summed E-state index contributed by atoms with van der Waals surface area (Å²) in [5, 5.41) is 10.7. The van der Waals surface area contributed by atoms with Gasteiger partial charge in [-0.2, -0.15) is 0 Å². The van der Waals surface area contributed by atoms with Crippen molar-refractivity contribution >= 4 is 29.1 Å². The van der Waals surface area contributed by atoms with E-state index in [4.69, 9.17) is 11.6 Å². The number of carbonyl (C=O) groups is 1.